The van der Waals surface area contributed by atoms with Gasteiger partial charge in [0.15, 0.2) is 11.5 Å². The lowest BCUT2D eigenvalue weighted by Gasteiger charge is -2.19. The molecule has 0 aliphatic heterocycles. The number of rotatable bonds is 6. The molecule has 1 aromatic carbocycles. The van der Waals surface area contributed by atoms with E-state index in [1.807, 2.05) is 42.5 Å². The second-order valence-corrected chi connectivity index (χ2v) is 6.34. The van der Waals surface area contributed by atoms with Crippen LogP contribution in [-0.2, 0) is 6.42 Å². The van der Waals surface area contributed by atoms with Gasteiger partial charge in [-0.05, 0) is 35.2 Å². The van der Waals surface area contributed by atoms with E-state index >= 15 is 0 Å². The van der Waals surface area contributed by atoms with Gasteiger partial charge in [-0.25, -0.2) is 0 Å². The molecule has 1 amide bonds. The summed E-state index contributed by atoms with van der Waals surface area (Å²) in [5, 5.41) is 11.7. The van der Waals surface area contributed by atoms with Gasteiger partial charge in [0, 0.05) is 30.1 Å². The van der Waals surface area contributed by atoms with Crippen molar-refractivity contribution in [2.24, 2.45) is 5.73 Å². The maximum atomic E-state index is 11.9. The summed E-state index contributed by atoms with van der Waals surface area (Å²) in [5.41, 5.74) is 9.37. The van der Waals surface area contributed by atoms with Crippen LogP contribution in [0.3, 0.4) is 0 Å². The number of aromatic nitrogens is 3. The van der Waals surface area contributed by atoms with Gasteiger partial charge in [0.1, 0.15) is 0 Å². The number of anilines is 2. The number of para-hydroxylation sites is 1. The Morgan fingerprint density at radius 1 is 1.12 bits per heavy atom. The summed E-state index contributed by atoms with van der Waals surface area (Å²) in [6.45, 7) is 4.12. The number of carbonyl (C=O) groups excluding carboxylic acids is 1. The molecule has 0 atom stereocenters. The number of hydrogen-bond acceptors (Lipinski definition) is 5. The maximum absolute atomic E-state index is 11.9. The first-order chi connectivity index (χ1) is 12.6. The molecule has 132 valence electrons. The monoisotopic (exact) mass is 347 g/mol. The first-order valence-electron chi connectivity index (χ1n) is 8.46. The number of carbonyl (C=O) groups is 1. The summed E-state index contributed by atoms with van der Waals surface area (Å²) in [5.74, 6) is 0.182. The zero-order valence-corrected chi connectivity index (χ0v) is 14.8. The molecule has 3 aromatic rings. The third kappa shape index (κ3) is 3.85. The molecule has 0 radical (unpaired) electrons. The van der Waals surface area contributed by atoms with Crippen molar-refractivity contribution in [2.45, 2.75) is 26.2 Å². The molecule has 6 heteroatoms. The Kier molecular flexibility index (Phi) is 5.22. The van der Waals surface area contributed by atoms with Crippen LogP contribution in [-0.4, -0.2) is 21.1 Å². The van der Waals surface area contributed by atoms with Crippen LogP contribution in [0.4, 0.5) is 11.5 Å². The van der Waals surface area contributed by atoms with Gasteiger partial charge in [-0.15, -0.1) is 10.2 Å². The van der Waals surface area contributed by atoms with Gasteiger partial charge in [-0.1, -0.05) is 38.1 Å². The van der Waals surface area contributed by atoms with E-state index in [1.165, 1.54) is 0 Å². The quantitative estimate of drug-likeness (QED) is 0.712. The first kappa shape index (κ1) is 17.5. The Morgan fingerprint density at radius 3 is 2.50 bits per heavy atom. The van der Waals surface area contributed by atoms with E-state index in [2.05, 4.69) is 34.3 Å². The van der Waals surface area contributed by atoms with E-state index in [-0.39, 0.29) is 11.6 Å². The molecule has 0 aliphatic carbocycles. The van der Waals surface area contributed by atoms with Crippen LogP contribution in [0.5, 0.6) is 0 Å². The number of amides is 1. The topological polar surface area (TPSA) is 93.8 Å². The number of pyridine rings is 1. The molecule has 0 saturated heterocycles. The molecule has 3 rings (SSSR count). The summed E-state index contributed by atoms with van der Waals surface area (Å²) in [7, 11) is 0. The normalized spacial score (nSPS) is 10.7. The minimum Gasteiger partial charge on any atom is -0.364 e. The van der Waals surface area contributed by atoms with Gasteiger partial charge in [-0.2, -0.15) is 0 Å². The van der Waals surface area contributed by atoms with Crippen molar-refractivity contribution in [3.8, 4) is 0 Å². The fourth-order valence-corrected chi connectivity index (χ4v) is 2.94. The Labute approximate surface area is 152 Å². The molecule has 2 aromatic heterocycles. The van der Waals surface area contributed by atoms with Crippen LogP contribution >= 0.6 is 0 Å². The summed E-state index contributed by atoms with van der Waals surface area (Å²) in [6.07, 6.45) is 4.01. The van der Waals surface area contributed by atoms with E-state index in [1.54, 1.807) is 12.4 Å². The number of nitrogens with zero attached hydrogens (tertiary/aromatic N) is 3. The van der Waals surface area contributed by atoms with E-state index in [0.717, 1.165) is 22.4 Å². The van der Waals surface area contributed by atoms with E-state index in [4.69, 9.17) is 5.73 Å². The van der Waals surface area contributed by atoms with Gasteiger partial charge in [0.25, 0.3) is 5.91 Å². The molecule has 0 bridgehead atoms. The zero-order chi connectivity index (χ0) is 18.5. The van der Waals surface area contributed by atoms with E-state index in [9.17, 15) is 4.79 Å². The Balaban J connectivity index is 2.11. The molecule has 0 aliphatic rings. The van der Waals surface area contributed by atoms with E-state index in [0.29, 0.717) is 12.2 Å². The van der Waals surface area contributed by atoms with Gasteiger partial charge < -0.3 is 11.1 Å². The number of nitrogens with two attached hydrogens (primary N) is 1. The molecule has 0 fully saturated rings. The second kappa shape index (κ2) is 7.74. The van der Waals surface area contributed by atoms with E-state index < -0.39 is 5.91 Å². The van der Waals surface area contributed by atoms with Crippen molar-refractivity contribution in [3.63, 3.8) is 0 Å². The summed E-state index contributed by atoms with van der Waals surface area (Å²) in [4.78, 5) is 16.1. The highest BCUT2D eigenvalue weighted by atomic mass is 16.1. The Hall–Kier alpha value is -3.28. The van der Waals surface area contributed by atoms with Crippen LogP contribution < -0.4 is 11.1 Å². The molecule has 0 spiro atoms. The third-order valence-corrected chi connectivity index (χ3v) is 4.07. The summed E-state index contributed by atoms with van der Waals surface area (Å²) >= 11 is 0. The Morgan fingerprint density at radius 2 is 1.88 bits per heavy atom. The lowest BCUT2D eigenvalue weighted by molar-refractivity contribution is 0.0993. The fourth-order valence-electron chi connectivity index (χ4n) is 2.94. The third-order valence-electron chi connectivity index (χ3n) is 4.07. The fraction of sp³-hybridized carbons (Fsp3) is 0.200. The minimum atomic E-state index is -0.579. The predicted molar refractivity (Wildman–Crippen MR) is 101 cm³/mol. The van der Waals surface area contributed by atoms with Gasteiger partial charge in [-0.3, -0.25) is 9.78 Å². The smallest absolute Gasteiger partial charge is 0.269 e. The summed E-state index contributed by atoms with van der Waals surface area (Å²) < 4.78 is 0. The Bertz CT molecular complexity index is 895. The largest absolute Gasteiger partial charge is 0.364 e. The highest BCUT2D eigenvalue weighted by Gasteiger charge is 2.22. The van der Waals surface area contributed by atoms with Crippen LogP contribution in [0, 0.1) is 0 Å². The lowest BCUT2D eigenvalue weighted by atomic mass is 9.92. The predicted octanol–water partition coefficient (Wildman–Crippen LogP) is 3.43. The number of benzene rings is 1. The molecule has 0 unspecified atom stereocenters. The average molecular weight is 347 g/mol. The van der Waals surface area contributed by atoms with Crippen LogP contribution in [0.2, 0.25) is 0 Å². The van der Waals surface area contributed by atoms with Gasteiger partial charge in [0.05, 0.1) is 0 Å². The maximum Gasteiger partial charge on any atom is 0.269 e. The average Bonchev–Trinajstić information content (AvgIpc) is 2.63. The standard InChI is InChI=1S/C20H21N5O/c1-13(2)17-16(11-14-7-6-10-22-12-14)18(19(21)26)24-25-20(17)23-15-8-4-3-5-9-15/h3-10,12-13H,11H2,1-2H3,(H2,21,26)(H,23,25). The van der Waals surface area contributed by atoms with Crippen LogP contribution in [0.15, 0.2) is 54.9 Å². The molecular formula is C20H21N5O. The number of primary amides is 1. The molecule has 0 saturated carbocycles. The molecule has 26 heavy (non-hydrogen) atoms. The lowest BCUT2D eigenvalue weighted by Crippen LogP contribution is -2.20. The molecule has 6 nitrogen and oxygen atoms in total. The highest BCUT2D eigenvalue weighted by Crippen LogP contribution is 2.31. The van der Waals surface area contributed by atoms with Gasteiger partial charge in [0.2, 0.25) is 0 Å². The van der Waals surface area contributed by atoms with Crippen molar-refractivity contribution in [1.29, 1.82) is 0 Å². The van der Waals surface area contributed by atoms with Crippen LogP contribution in [0.25, 0.3) is 0 Å². The van der Waals surface area contributed by atoms with Crippen molar-refractivity contribution in [2.75, 3.05) is 5.32 Å². The number of hydrogen-bond donors (Lipinski definition) is 2. The molecular weight excluding hydrogens is 326 g/mol. The minimum absolute atomic E-state index is 0.126. The van der Waals surface area contributed by atoms with Crippen molar-refractivity contribution in [3.05, 3.63) is 77.2 Å². The van der Waals surface area contributed by atoms with Crippen LogP contribution in [0.1, 0.15) is 46.9 Å². The molecule has 2 heterocycles. The zero-order valence-electron chi connectivity index (χ0n) is 14.8. The molecule has 3 N–H and O–H groups in total. The van der Waals surface area contributed by atoms with Crippen molar-refractivity contribution in [1.82, 2.24) is 15.2 Å². The van der Waals surface area contributed by atoms with Gasteiger partial charge >= 0.3 is 0 Å². The SMILES string of the molecule is CC(C)c1c(Nc2ccccc2)nnc(C(N)=O)c1Cc1cccnc1. The van der Waals surface area contributed by atoms with Crippen molar-refractivity contribution < 1.29 is 4.79 Å². The number of nitrogens with one attached hydrogen (secondary N) is 1. The summed E-state index contributed by atoms with van der Waals surface area (Å²) in [6, 6.07) is 13.6. The second-order valence-electron chi connectivity index (χ2n) is 6.34. The van der Waals surface area contributed by atoms with Crippen molar-refractivity contribution >= 4 is 17.4 Å². The highest BCUT2D eigenvalue weighted by molar-refractivity contribution is 5.93. The first-order valence-corrected chi connectivity index (χ1v) is 8.46.